The lowest BCUT2D eigenvalue weighted by Gasteiger charge is -2.27. The maximum Gasteiger partial charge on any atom is 0.335 e. The van der Waals surface area contributed by atoms with E-state index in [4.69, 9.17) is 6.42 Å². The predicted octanol–water partition coefficient (Wildman–Crippen LogP) is 3.11. The maximum atomic E-state index is 12.7. The van der Waals surface area contributed by atoms with Crippen molar-refractivity contribution >= 4 is 22.8 Å². The summed E-state index contributed by atoms with van der Waals surface area (Å²) in [6.45, 7) is 1.14. The summed E-state index contributed by atoms with van der Waals surface area (Å²) in [4.78, 5) is 29.1. The zero-order valence-electron chi connectivity index (χ0n) is 14.9. The molecule has 7 heteroatoms. The first-order valence-corrected chi connectivity index (χ1v) is 9.03. The average molecular weight is 364 g/mol. The zero-order valence-corrected chi connectivity index (χ0v) is 14.9. The van der Waals surface area contributed by atoms with Crippen LogP contribution < -0.4 is 0 Å². The number of aromatic carboxylic acids is 1. The van der Waals surface area contributed by atoms with Gasteiger partial charge in [-0.15, -0.1) is 12.3 Å². The monoisotopic (exact) mass is 364 g/mol. The number of rotatable bonds is 6. The van der Waals surface area contributed by atoms with E-state index in [0.717, 1.165) is 28.6 Å². The van der Waals surface area contributed by atoms with Gasteiger partial charge in [0.25, 0.3) is 0 Å². The van der Waals surface area contributed by atoms with Crippen LogP contribution in [0, 0.1) is 12.3 Å². The molecule has 4 rings (SSSR count). The number of hydrogen-bond acceptors (Lipinski definition) is 4. The number of hydrogen-bond donors (Lipinski definition) is 2. The first-order chi connectivity index (χ1) is 13.0. The van der Waals surface area contributed by atoms with E-state index in [1.807, 2.05) is 4.90 Å². The molecule has 0 atom stereocenters. The van der Waals surface area contributed by atoms with E-state index < -0.39 is 11.6 Å². The summed E-state index contributed by atoms with van der Waals surface area (Å²) in [6.07, 6.45) is 8.31. The number of terminal acetylenes is 1. The number of H-pyrrole nitrogens is 1. The zero-order chi connectivity index (χ0) is 19.0. The Bertz CT molecular complexity index is 993. The van der Waals surface area contributed by atoms with Crippen molar-refractivity contribution in [1.82, 2.24) is 9.88 Å². The van der Waals surface area contributed by atoms with Gasteiger partial charge >= 0.3 is 5.97 Å². The Morgan fingerprint density at radius 2 is 2.15 bits per heavy atom. The third-order valence-corrected chi connectivity index (χ3v) is 5.37. The Hall–Kier alpha value is -3.14. The Balaban J connectivity index is 1.46. The smallest absolute Gasteiger partial charge is 0.335 e. The second-order valence-corrected chi connectivity index (χ2v) is 7.10. The van der Waals surface area contributed by atoms with Gasteiger partial charge in [0, 0.05) is 67.4 Å². The highest BCUT2D eigenvalue weighted by Crippen LogP contribution is 2.38. The van der Waals surface area contributed by atoms with Crippen molar-refractivity contribution < 1.29 is 14.7 Å². The van der Waals surface area contributed by atoms with Crippen molar-refractivity contribution in [3.8, 4) is 12.3 Å². The number of carboxylic acids is 1. The highest BCUT2D eigenvalue weighted by Gasteiger charge is 2.39. The van der Waals surface area contributed by atoms with Crippen LogP contribution >= 0.6 is 0 Å². The number of aromatic amines is 1. The fraction of sp³-hybridized carbons (Fsp3) is 0.400. The summed E-state index contributed by atoms with van der Waals surface area (Å²) in [5, 5.41) is 18.3. The van der Waals surface area contributed by atoms with E-state index in [9.17, 15) is 14.7 Å². The third-order valence-electron chi connectivity index (χ3n) is 5.37. The summed E-state index contributed by atoms with van der Waals surface area (Å²) < 4.78 is 0. The van der Waals surface area contributed by atoms with Crippen molar-refractivity contribution in [2.45, 2.75) is 44.3 Å². The van der Waals surface area contributed by atoms with E-state index in [-0.39, 0.29) is 11.5 Å². The number of nitrogens with zero attached hydrogens (tertiary/aromatic N) is 3. The highest BCUT2D eigenvalue weighted by atomic mass is 16.4. The van der Waals surface area contributed by atoms with Crippen LogP contribution in [0.4, 0.5) is 0 Å². The molecule has 0 fully saturated rings. The number of carboxylic acid groups (broad SMARTS) is 1. The van der Waals surface area contributed by atoms with Crippen LogP contribution in [-0.2, 0) is 17.8 Å². The van der Waals surface area contributed by atoms with E-state index >= 15 is 0 Å². The second kappa shape index (κ2) is 6.54. The molecule has 1 aromatic carbocycles. The van der Waals surface area contributed by atoms with E-state index in [0.29, 0.717) is 38.8 Å². The molecule has 7 nitrogen and oxygen atoms in total. The van der Waals surface area contributed by atoms with Gasteiger partial charge in [0.2, 0.25) is 5.91 Å². The lowest BCUT2D eigenvalue weighted by molar-refractivity contribution is -0.132. The Kier molecular flexibility index (Phi) is 4.19. The first-order valence-electron chi connectivity index (χ1n) is 9.03. The third kappa shape index (κ3) is 3.31. The normalized spacial score (nSPS) is 16.8. The van der Waals surface area contributed by atoms with Crippen LogP contribution in [0.25, 0.3) is 10.9 Å². The molecule has 1 aromatic heterocycles. The maximum absolute atomic E-state index is 12.7. The van der Waals surface area contributed by atoms with Gasteiger partial charge < -0.3 is 15.0 Å². The lowest BCUT2D eigenvalue weighted by Crippen LogP contribution is -2.36. The SMILES string of the molecule is C#CCCC1(CCC(=O)N2CCc3[nH]c4ccc(C(=O)O)cc4c3C2)N=N1. The standard InChI is InChI=1S/C20H20N4O3/c1-2-3-8-20(22-23-20)9-6-18(25)24-10-7-17-15(12-24)14-11-13(19(26)27)4-5-16(14)21-17/h1,4-5,11,21H,3,6-10,12H2,(H,26,27). The molecule has 0 saturated heterocycles. The van der Waals surface area contributed by atoms with Crippen molar-refractivity contribution in [3.63, 3.8) is 0 Å². The number of fused-ring (bicyclic) bond motifs is 3. The minimum absolute atomic E-state index is 0.0711. The molecule has 0 radical (unpaired) electrons. The van der Waals surface area contributed by atoms with Gasteiger partial charge in [-0.1, -0.05) is 0 Å². The summed E-state index contributed by atoms with van der Waals surface area (Å²) >= 11 is 0. The van der Waals surface area contributed by atoms with Crippen molar-refractivity contribution in [2.75, 3.05) is 6.54 Å². The Morgan fingerprint density at radius 3 is 2.85 bits per heavy atom. The number of nitrogens with one attached hydrogen (secondary N) is 1. The molecule has 0 saturated carbocycles. The van der Waals surface area contributed by atoms with Crippen LogP contribution in [0.1, 0.15) is 47.3 Å². The molecule has 0 bridgehead atoms. The molecule has 0 spiro atoms. The van der Waals surface area contributed by atoms with Crippen molar-refractivity contribution in [3.05, 3.63) is 35.0 Å². The molecule has 3 heterocycles. The topological polar surface area (TPSA) is 98.1 Å². The average Bonchev–Trinajstić information content (AvgIpc) is 3.36. The van der Waals surface area contributed by atoms with Gasteiger partial charge in [-0.05, 0) is 18.2 Å². The van der Waals surface area contributed by atoms with E-state index in [1.54, 1.807) is 18.2 Å². The summed E-state index contributed by atoms with van der Waals surface area (Å²) in [7, 11) is 0. The van der Waals surface area contributed by atoms with Gasteiger partial charge in [-0.25, -0.2) is 4.79 Å². The molecule has 27 heavy (non-hydrogen) atoms. The highest BCUT2D eigenvalue weighted by molar-refractivity contribution is 5.95. The Labute approximate surface area is 156 Å². The molecule has 2 N–H and O–H groups in total. The van der Waals surface area contributed by atoms with Gasteiger partial charge in [-0.3, -0.25) is 4.79 Å². The number of benzene rings is 1. The minimum Gasteiger partial charge on any atom is -0.478 e. The van der Waals surface area contributed by atoms with Crippen LogP contribution in [0.3, 0.4) is 0 Å². The number of aromatic nitrogens is 1. The largest absolute Gasteiger partial charge is 0.478 e. The lowest BCUT2D eigenvalue weighted by atomic mass is 10.00. The number of carbonyl (C=O) groups is 2. The fourth-order valence-corrected chi connectivity index (χ4v) is 3.69. The molecule has 138 valence electrons. The van der Waals surface area contributed by atoms with Crippen LogP contribution in [-0.4, -0.2) is 39.1 Å². The Morgan fingerprint density at radius 1 is 1.33 bits per heavy atom. The minimum atomic E-state index is -0.954. The van der Waals surface area contributed by atoms with Crippen molar-refractivity contribution in [1.29, 1.82) is 0 Å². The van der Waals surface area contributed by atoms with E-state index in [2.05, 4.69) is 21.1 Å². The van der Waals surface area contributed by atoms with Crippen LogP contribution in [0.5, 0.6) is 0 Å². The molecule has 0 aliphatic carbocycles. The summed E-state index contributed by atoms with van der Waals surface area (Å²) in [5.41, 5.74) is 2.80. The molecule has 2 aliphatic heterocycles. The fourth-order valence-electron chi connectivity index (χ4n) is 3.69. The molecule has 2 aliphatic rings. The molecule has 1 amide bonds. The predicted molar refractivity (Wildman–Crippen MR) is 99.3 cm³/mol. The summed E-state index contributed by atoms with van der Waals surface area (Å²) in [6, 6.07) is 5.06. The van der Waals surface area contributed by atoms with Gasteiger partial charge in [-0.2, -0.15) is 10.2 Å². The second-order valence-electron chi connectivity index (χ2n) is 7.10. The van der Waals surface area contributed by atoms with Crippen LogP contribution in [0.2, 0.25) is 0 Å². The molecular weight excluding hydrogens is 344 g/mol. The van der Waals surface area contributed by atoms with Gasteiger partial charge in [0.15, 0.2) is 5.66 Å². The summed E-state index contributed by atoms with van der Waals surface area (Å²) in [5.74, 6) is 1.71. The molecule has 2 aromatic rings. The van der Waals surface area contributed by atoms with Crippen LogP contribution in [0.15, 0.2) is 28.4 Å². The quantitative estimate of drug-likeness (QED) is 0.771. The van der Waals surface area contributed by atoms with Gasteiger partial charge in [0.05, 0.1) is 5.56 Å². The van der Waals surface area contributed by atoms with Crippen molar-refractivity contribution in [2.24, 2.45) is 10.2 Å². The number of amides is 1. The van der Waals surface area contributed by atoms with Gasteiger partial charge in [0.1, 0.15) is 0 Å². The molecule has 0 unspecified atom stereocenters. The molecular formula is C20H20N4O3. The first kappa shape index (κ1) is 17.3. The number of carbonyl (C=O) groups excluding carboxylic acids is 1. The van der Waals surface area contributed by atoms with E-state index in [1.165, 1.54) is 0 Å².